The Labute approximate surface area is 122 Å². The van der Waals surface area contributed by atoms with Crippen molar-refractivity contribution in [2.75, 3.05) is 13.7 Å². The van der Waals surface area contributed by atoms with Crippen molar-refractivity contribution in [2.24, 2.45) is 5.92 Å². The van der Waals surface area contributed by atoms with Gasteiger partial charge in [0.05, 0.1) is 13.7 Å². The molecule has 0 saturated heterocycles. The lowest BCUT2D eigenvalue weighted by atomic mass is 9.99. The van der Waals surface area contributed by atoms with Gasteiger partial charge in [0.2, 0.25) is 0 Å². The Morgan fingerprint density at radius 1 is 1.25 bits per heavy atom. The third-order valence-electron chi connectivity index (χ3n) is 4.26. The van der Waals surface area contributed by atoms with Crippen molar-refractivity contribution >= 4 is 0 Å². The Bertz CT molecular complexity index is 413. The third-order valence-corrected chi connectivity index (χ3v) is 4.26. The van der Waals surface area contributed by atoms with Crippen LogP contribution < -0.4 is 14.8 Å². The molecule has 0 radical (unpaired) electrons. The molecule has 0 aromatic heterocycles. The third kappa shape index (κ3) is 3.89. The van der Waals surface area contributed by atoms with Crippen LogP contribution in [0.5, 0.6) is 11.5 Å². The number of rotatable bonds is 7. The van der Waals surface area contributed by atoms with E-state index in [0.717, 1.165) is 24.0 Å². The molecule has 1 aromatic rings. The predicted octanol–water partition coefficient (Wildman–Crippen LogP) is 3.76. The summed E-state index contributed by atoms with van der Waals surface area (Å²) in [4.78, 5) is 0. The Balaban J connectivity index is 1.93. The van der Waals surface area contributed by atoms with Crippen LogP contribution in [0.3, 0.4) is 0 Å². The molecule has 20 heavy (non-hydrogen) atoms. The van der Waals surface area contributed by atoms with Crippen LogP contribution in [0.25, 0.3) is 0 Å². The number of methoxy groups -OCH3 is 1. The molecule has 1 aromatic carbocycles. The summed E-state index contributed by atoms with van der Waals surface area (Å²) < 4.78 is 10.9. The van der Waals surface area contributed by atoms with Crippen molar-refractivity contribution in [3.63, 3.8) is 0 Å². The van der Waals surface area contributed by atoms with Crippen molar-refractivity contribution in [2.45, 2.75) is 52.1 Å². The first-order chi connectivity index (χ1) is 9.74. The molecule has 3 nitrogen and oxygen atoms in total. The van der Waals surface area contributed by atoms with Gasteiger partial charge in [0, 0.05) is 12.6 Å². The Morgan fingerprint density at radius 2 is 2.00 bits per heavy atom. The second kappa shape index (κ2) is 7.53. The van der Waals surface area contributed by atoms with E-state index in [1.807, 2.05) is 13.0 Å². The van der Waals surface area contributed by atoms with Gasteiger partial charge in [-0.25, -0.2) is 0 Å². The molecule has 1 fully saturated rings. The summed E-state index contributed by atoms with van der Waals surface area (Å²) in [5.74, 6) is 2.49. The van der Waals surface area contributed by atoms with Gasteiger partial charge in [0.25, 0.3) is 0 Å². The number of benzene rings is 1. The van der Waals surface area contributed by atoms with Crippen LogP contribution in [0.2, 0.25) is 0 Å². The molecule has 3 heteroatoms. The van der Waals surface area contributed by atoms with Gasteiger partial charge in [-0.3, -0.25) is 0 Å². The summed E-state index contributed by atoms with van der Waals surface area (Å²) >= 11 is 0. The molecule has 0 aliphatic heterocycles. The van der Waals surface area contributed by atoms with E-state index in [1.54, 1.807) is 7.11 Å². The minimum absolute atomic E-state index is 0.593. The summed E-state index contributed by atoms with van der Waals surface area (Å²) in [7, 11) is 1.68. The average Bonchev–Trinajstić information content (AvgIpc) is 2.99. The molecule has 0 bridgehead atoms. The van der Waals surface area contributed by atoms with Crippen LogP contribution in [0.4, 0.5) is 0 Å². The lowest BCUT2D eigenvalue weighted by molar-refractivity contribution is 0.310. The monoisotopic (exact) mass is 277 g/mol. The van der Waals surface area contributed by atoms with E-state index in [2.05, 4.69) is 24.4 Å². The van der Waals surface area contributed by atoms with E-state index in [4.69, 9.17) is 9.47 Å². The van der Waals surface area contributed by atoms with E-state index < -0.39 is 0 Å². The highest BCUT2D eigenvalue weighted by molar-refractivity contribution is 5.42. The normalized spacial score (nSPS) is 17.1. The highest BCUT2D eigenvalue weighted by Gasteiger charge is 2.20. The summed E-state index contributed by atoms with van der Waals surface area (Å²) in [5, 5.41) is 3.65. The van der Waals surface area contributed by atoms with Crippen molar-refractivity contribution in [1.82, 2.24) is 5.32 Å². The fourth-order valence-electron chi connectivity index (χ4n) is 3.00. The average molecular weight is 277 g/mol. The van der Waals surface area contributed by atoms with Crippen LogP contribution >= 0.6 is 0 Å². The summed E-state index contributed by atoms with van der Waals surface area (Å²) in [5.41, 5.74) is 1.25. The molecule has 2 rings (SSSR count). The van der Waals surface area contributed by atoms with Crippen LogP contribution in [0.1, 0.15) is 45.1 Å². The van der Waals surface area contributed by atoms with Crippen molar-refractivity contribution in [1.29, 1.82) is 0 Å². The van der Waals surface area contributed by atoms with Crippen LogP contribution in [-0.4, -0.2) is 19.8 Å². The molecule has 0 spiro atoms. The highest BCUT2D eigenvalue weighted by Crippen LogP contribution is 2.29. The standard InChI is InChI=1S/C17H27NO2/c1-4-20-17-11-14(9-10-16(17)19-3)12-18-13(2)15-7-5-6-8-15/h9-11,13,15,18H,4-8,12H2,1-3H3/t13-/m0/s1. The molecule has 0 heterocycles. The van der Waals surface area contributed by atoms with Crippen molar-refractivity contribution in [3.05, 3.63) is 23.8 Å². The summed E-state index contributed by atoms with van der Waals surface area (Å²) in [6, 6.07) is 6.77. The van der Waals surface area contributed by atoms with Gasteiger partial charge in [-0.2, -0.15) is 0 Å². The Morgan fingerprint density at radius 3 is 2.65 bits per heavy atom. The van der Waals surface area contributed by atoms with Crippen LogP contribution in [-0.2, 0) is 6.54 Å². The fraction of sp³-hybridized carbons (Fsp3) is 0.647. The first kappa shape index (κ1) is 15.2. The second-order valence-corrected chi connectivity index (χ2v) is 5.63. The van der Waals surface area contributed by atoms with E-state index in [1.165, 1.54) is 31.2 Å². The van der Waals surface area contributed by atoms with Gasteiger partial charge in [-0.05, 0) is 50.3 Å². The quantitative estimate of drug-likeness (QED) is 0.823. The molecule has 0 amide bonds. The van der Waals surface area contributed by atoms with E-state index in [9.17, 15) is 0 Å². The number of hydrogen-bond donors (Lipinski definition) is 1. The largest absolute Gasteiger partial charge is 0.493 e. The minimum atomic E-state index is 0.593. The maximum atomic E-state index is 5.62. The zero-order valence-corrected chi connectivity index (χ0v) is 12.9. The lowest BCUT2D eigenvalue weighted by Gasteiger charge is -2.20. The van der Waals surface area contributed by atoms with E-state index in [0.29, 0.717) is 12.6 Å². The van der Waals surface area contributed by atoms with Gasteiger partial charge < -0.3 is 14.8 Å². The number of hydrogen-bond acceptors (Lipinski definition) is 3. The molecule has 1 aliphatic rings. The summed E-state index contributed by atoms with van der Waals surface area (Å²) in [6.07, 6.45) is 5.55. The lowest BCUT2D eigenvalue weighted by Crippen LogP contribution is -2.31. The van der Waals surface area contributed by atoms with Gasteiger partial charge in [-0.15, -0.1) is 0 Å². The summed E-state index contributed by atoms with van der Waals surface area (Å²) in [6.45, 7) is 5.85. The molecular weight excluding hydrogens is 250 g/mol. The second-order valence-electron chi connectivity index (χ2n) is 5.63. The molecule has 1 atom stereocenters. The first-order valence-electron chi connectivity index (χ1n) is 7.77. The maximum Gasteiger partial charge on any atom is 0.161 e. The Hall–Kier alpha value is -1.22. The van der Waals surface area contributed by atoms with Crippen LogP contribution in [0, 0.1) is 5.92 Å². The van der Waals surface area contributed by atoms with Gasteiger partial charge in [0.15, 0.2) is 11.5 Å². The van der Waals surface area contributed by atoms with Gasteiger partial charge >= 0.3 is 0 Å². The molecule has 0 unspecified atom stereocenters. The fourth-order valence-corrected chi connectivity index (χ4v) is 3.00. The Kier molecular flexibility index (Phi) is 5.72. The highest BCUT2D eigenvalue weighted by atomic mass is 16.5. The predicted molar refractivity (Wildman–Crippen MR) is 82.4 cm³/mol. The van der Waals surface area contributed by atoms with Gasteiger partial charge in [-0.1, -0.05) is 18.9 Å². The molecule has 1 N–H and O–H groups in total. The minimum Gasteiger partial charge on any atom is -0.493 e. The molecular formula is C17H27NO2. The number of ether oxygens (including phenoxy) is 2. The van der Waals surface area contributed by atoms with Gasteiger partial charge in [0.1, 0.15) is 0 Å². The molecule has 1 saturated carbocycles. The van der Waals surface area contributed by atoms with E-state index >= 15 is 0 Å². The van der Waals surface area contributed by atoms with Crippen molar-refractivity contribution in [3.8, 4) is 11.5 Å². The number of nitrogens with one attached hydrogen (secondary N) is 1. The molecule has 112 valence electrons. The van der Waals surface area contributed by atoms with Crippen LogP contribution in [0.15, 0.2) is 18.2 Å². The topological polar surface area (TPSA) is 30.5 Å². The zero-order chi connectivity index (χ0) is 14.4. The SMILES string of the molecule is CCOc1cc(CN[C@@H](C)C2CCCC2)ccc1OC. The molecule has 1 aliphatic carbocycles. The zero-order valence-electron chi connectivity index (χ0n) is 12.9. The maximum absolute atomic E-state index is 5.62. The van der Waals surface area contributed by atoms with E-state index in [-0.39, 0.29) is 0 Å². The first-order valence-corrected chi connectivity index (χ1v) is 7.77. The smallest absolute Gasteiger partial charge is 0.161 e. The van der Waals surface area contributed by atoms with Crippen molar-refractivity contribution < 1.29 is 9.47 Å².